The summed E-state index contributed by atoms with van der Waals surface area (Å²) in [4.78, 5) is 15.8. The van der Waals surface area contributed by atoms with Gasteiger partial charge in [0.05, 0.1) is 5.52 Å². The van der Waals surface area contributed by atoms with Crippen molar-refractivity contribution in [1.82, 2.24) is 9.47 Å². The molecule has 1 aromatic heterocycles. The van der Waals surface area contributed by atoms with Gasteiger partial charge in [0.2, 0.25) is 5.91 Å². The van der Waals surface area contributed by atoms with E-state index in [1.807, 2.05) is 26.1 Å². The first kappa shape index (κ1) is 22.4. The SMILES string of the molecule is CC.CC(=O)n1cc(CC2CCCN2C)c2cc(/C=C/Sc3ccccc3)ccc21. The van der Waals surface area contributed by atoms with Crippen LogP contribution in [0.5, 0.6) is 0 Å². The maximum Gasteiger partial charge on any atom is 0.227 e. The molecule has 0 bridgehead atoms. The number of hydrogen-bond acceptors (Lipinski definition) is 3. The van der Waals surface area contributed by atoms with Gasteiger partial charge in [0, 0.05) is 29.4 Å². The molecule has 3 aromatic rings. The van der Waals surface area contributed by atoms with Crippen molar-refractivity contribution in [3.8, 4) is 0 Å². The predicted octanol–water partition coefficient (Wildman–Crippen LogP) is 6.73. The van der Waals surface area contributed by atoms with E-state index >= 15 is 0 Å². The number of carbonyl (C=O) groups is 1. The number of benzene rings is 2. The number of rotatable bonds is 5. The molecule has 0 spiro atoms. The largest absolute Gasteiger partial charge is 0.303 e. The molecular formula is C26H32N2OS. The lowest BCUT2D eigenvalue weighted by Crippen LogP contribution is -2.26. The molecule has 4 rings (SSSR count). The van der Waals surface area contributed by atoms with E-state index in [0.717, 1.165) is 11.9 Å². The van der Waals surface area contributed by atoms with Crippen molar-refractivity contribution in [2.75, 3.05) is 13.6 Å². The summed E-state index contributed by atoms with van der Waals surface area (Å²) in [7, 11) is 2.21. The number of nitrogens with zero attached hydrogens (tertiary/aromatic N) is 2. The second-order valence-corrected chi connectivity index (χ2v) is 8.51. The average molecular weight is 421 g/mol. The second kappa shape index (κ2) is 10.6. The molecule has 1 fully saturated rings. The van der Waals surface area contributed by atoms with E-state index < -0.39 is 0 Å². The zero-order valence-corrected chi connectivity index (χ0v) is 19.3. The molecule has 2 aromatic carbocycles. The molecule has 0 radical (unpaired) electrons. The minimum atomic E-state index is 0.0685. The Balaban J connectivity index is 0.00000124. The number of thioether (sulfide) groups is 1. The first-order valence-corrected chi connectivity index (χ1v) is 11.7. The van der Waals surface area contributed by atoms with Crippen molar-refractivity contribution in [2.24, 2.45) is 0 Å². The van der Waals surface area contributed by atoms with Gasteiger partial charge in [-0.3, -0.25) is 9.36 Å². The van der Waals surface area contributed by atoms with Crippen molar-refractivity contribution in [3.05, 3.63) is 71.3 Å². The van der Waals surface area contributed by atoms with Gasteiger partial charge in [-0.15, -0.1) is 0 Å². The van der Waals surface area contributed by atoms with E-state index in [2.05, 4.69) is 65.9 Å². The van der Waals surface area contributed by atoms with Crippen LogP contribution in [0.1, 0.15) is 49.5 Å². The van der Waals surface area contributed by atoms with Gasteiger partial charge < -0.3 is 4.90 Å². The minimum Gasteiger partial charge on any atom is -0.303 e. The highest BCUT2D eigenvalue weighted by atomic mass is 32.2. The van der Waals surface area contributed by atoms with Crippen molar-refractivity contribution >= 4 is 34.6 Å². The zero-order chi connectivity index (χ0) is 21.5. The summed E-state index contributed by atoms with van der Waals surface area (Å²) in [5, 5.41) is 3.32. The van der Waals surface area contributed by atoms with Crippen LogP contribution in [0.25, 0.3) is 17.0 Å². The quantitative estimate of drug-likeness (QED) is 0.428. The van der Waals surface area contributed by atoms with Crippen LogP contribution >= 0.6 is 11.8 Å². The molecule has 0 aliphatic carbocycles. The minimum absolute atomic E-state index is 0.0685. The number of likely N-dealkylation sites (N-methyl/N-ethyl adjacent to an activating group) is 1. The summed E-state index contributed by atoms with van der Waals surface area (Å²) in [6.45, 7) is 6.80. The standard InChI is InChI=1S/C24H26N2OS.C2H6/c1-18(27)26-17-20(16-21-7-6-13-25(21)2)23-15-19(10-11-24(23)26)12-14-28-22-8-4-3-5-9-22;1-2/h3-5,8-12,14-15,17,21H,6-7,13,16H2,1-2H3;1-2H3/b14-12+;. The summed E-state index contributed by atoms with van der Waals surface area (Å²) >= 11 is 1.71. The highest BCUT2D eigenvalue weighted by Gasteiger charge is 2.23. The van der Waals surface area contributed by atoms with E-state index in [9.17, 15) is 4.79 Å². The topological polar surface area (TPSA) is 25.2 Å². The Kier molecular flexibility index (Phi) is 7.94. The molecule has 158 valence electrons. The van der Waals surface area contributed by atoms with Crippen LogP contribution < -0.4 is 0 Å². The van der Waals surface area contributed by atoms with Crippen molar-refractivity contribution in [3.63, 3.8) is 0 Å². The molecule has 1 aliphatic heterocycles. The monoisotopic (exact) mass is 420 g/mol. The Morgan fingerprint density at radius 2 is 1.93 bits per heavy atom. The maximum absolute atomic E-state index is 12.1. The van der Waals surface area contributed by atoms with Gasteiger partial charge in [0.25, 0.3) is 0 Å². The maximum atomic E-state index is 12.1. The third-order valence-corrected chi connectivity index (χ3v) is 6.40. The lowest BCUT2D eigenvalue weighted by Gasteiger charge is -2.18. The summed E-state index contributed by atoms with van der Waals surface area (Å²) in [5.74, 6) is 0.0685. The van der Waals surface area contributed by atoms with Gasteiger partial charge in [-0.1, -0.05) is 49.9 Å². The Morgan fingerprint density at radius 3 is 2.60 bits per heavy atom. The smallest absolute Gasteiger partial charge is 0.227 e. The van der Waals surface area contributed by atoms with Gasteiger partial charge >= 0.3 is 0 Å². The van der Waals surface area contributed by atoms with E-state index in [1.165, 1.54) is 40.8 Å². The third-order valence-electron chi connectivity index (χ3n) is 5.59. The van der Waals surface area contributed by atoms with Crippen LogP contribution in [0.2, 0.25) is 0 Å². The number of carbonyl (C=O) groups excluding carboxylic acids is 1. The second-order valence-electron chi connectivity index (χ2n) is 7.53. The summed E-state index contributed by atoms with van der Waals surface area (Å²) in [6, 6.07) is 17.3. The number of likely N-dealkylation sites (tertiary alicyclic amines) is 1. The summed E-state index contributed by atoms with van der Waals surface area (Å²) in [6.07, 6.45) is 7.69. The van der Waals surface area contributed by atoms with Crippen LogP contribution in [0.15, 0.2) is 65.0 Å². The van der Waals surface area contributed by atoms with Crippen LogP contribution in [-0.4, -0.2) is 35.0 Å². The molecular weight excluding hydrogens is 388 g/mol. The number of aromatic nitrogens is 1. The molecule has 2 heterocycles. The first-order chi connectivity index (χ1) is 14.6. The average Bonchev–Trinajstić information content (AvgIpc) is 3.34. The lowest BCUT2D eigenvalue weighted by molar-refractivity contribution is 0.0941. The third kappa shape index (κ3) is 5.24. The highest BCUT2D eigenvalue weighted by Crippen LogP contribution is 2.28. The van der Waals surface area contributed by atoms with Gasteiger partial charge in [-0.25, -0.2) is 0 Å². The summed E-state index contributed by atoms with van der Waals surface area (Å²) in [5.41, 5.74) is 3.45. The predicted molar refractivity (Wildman–Crippen MR) is 130 cm³/mol. The molecule has 1 unspecified atom stereocenters. The molecule has 1 saturated heterocycles. The molecule has 1 atom stereocenters. The molecule has 3 nitrogen and oxygen atoms in total. The van der Waals surface area contributed by atoms with Crippen LogP contribution in [0.4, 0.5) is 0 Å². The van der Waals surface area contributed by atoms with Crippen molar-refractivity contribution in [2.45, 2.75) is 51.0 Å². The Hall–Kier alpha value is -2.30. The lowest BCUT2D eigenvalue weighted by atomic mass is 10.0. The molecule has 0 amide bonds. The van der Waals surface area contributed by atoms with Crippen molar-refractivity contribution < 1.29 is 4.79 Å². The first-order valence-electron chi connectivity index (χ1n) is 10.9. The Morgan fingerprint density at radius 1 is 1.17 bits per heavy atom. The van der Waals surface area contributed by atoms with E-state index in [0.29, 0.717) is 6.04 Å². The normalized spacial score (nSPS) is 16.7. The van der Waals surface area contributed by atoms with E-state index in [1.54, 1.807) is 23.3 Å². The van der Waals surface area contributed by atoms with Gasteiger partial charge in [-0.05, 0) is 79.7 Å². The molecule has 30 heavy (non-hydrogen) atoms. The van der Waals surface area contributed by atoms with Gasteiger partial charge in [-0.2, -0.15) is 0 Å². The van der Waals surface area contributed by atoms with Crippen LogP contribution in [0, 0.1) is 0 Å². The zero-order valence-electron chi connectivity index (χ0n) is 18.5. The number of hydrogen-bond donors (Lipinski definition) is 0. The van der Waals surface area contributed by atoms with Gasteiger partial charge in [0.1, 0.15) is 0 Å². The highest BCUT2D eigenvalue weighted by molar-refractivity contribution is 8.02. The summed E-state index contributed by atoms with van der Waals surface area (Å²) < 4.78 is 1.80. The van der Waals surface area contributed by atoms with E-state index in [-0.39, 0.29) is 5.91 Å². The van der Waals surface area contributed by atoms with Gasteiger partial charge in [0.15, 0.2) is 0 Å². The molecule has 0 N–H and O–H groups in total. The Labute approximate surface area is 184 Å². The molecule has 4 heteroatoms. The van der Waals surface area contributed by atoms with E-state index in [4.69, 9.17) is 0 Å². The van der Waals surface area contributed by atoms with Crippen LogP contribution in [0.3, 0.4) is 0 Å². The molecule has 1 aliphatic rings. The molecule has 0 saturated carbocycles. The fourth-order valence-electron chi connectivity index (χ4n) is 4.02. The van der Waals surface area contributed by atoms with Crippen molar-refractivity contribution in [1.29, 1.82) is 0 Å². The van der Waals surface area contributed by atoms with Crippen LogP contribution in [-0.2, 0) is 6.42 Å². The number of fused-ring (bicyclic) bond motifs is 1. The fourth-order valence-corrected chi connectivity index (χ4v) is 4.72. The Bertz CT molecular complexity index is 1010. The fraction of sp³-hybridized carbons (Fsp3) is 0.346.